The van der Waals surface area contributed by atoms with E-state index in [1.165, 1.54) is 5.56 Å². The summed E-state index contributed by atoms with van der Waals surface area (Å²) in [6, 6.07) is 6.00. The fourth-order valence-electron chi connectivity index (χ4n) is 1.71. The van der Waals surface area contributed by atoms with Crippen molar-refractivity contribution in [3.05, 3.63) is 34.9 Å². The fraction of sp³-hybridized carbons (Fsp3) is 0.538. The van der Waals surface area contributed by atoms with E-state index in [2.05, 4.69) is 0 Å². The lowest BCUT2D eigenvalue weighted by Crippen LogP contribution is -2.01. The van der Waals surface area contributed by atoms with Gasteiger partial charge in [-0.15, -0.1) is 0 Å². The standard InChI is InChI=1S/C13H21O3P/c1-5-15-17(14,16-6-2)10-13-9-7-8-11(3)12(13)4/h7-9H,5-6,10H2,1-4H3. The Morgan fingerprint density at radius 3 is 2.24 bits per heavy atom. The Morgan fingerprint density at radius 1 is 1.12 bits per heavy atom. The van der Waals surface area contributed by atoms with Crippen molar-refractivity contribution in [3.8, 4) is 0 Å². The maximum Gasteiger partial charge on any atom is 0.335 e. The van der Waals surface area contributed by atoms with Crippen molar-refractivity contribution in [1.29, 1.82) is 0 Å². The number of aryl methyl sites for hydroxylation is 1. The zero-order valence-corrected chi connectivity index (χ0v) is 11.9. The molecule has 0 radical (unpaired) electrons. The third-order valence-electron chi connectivity index (χ3n) is 2.73. The lowest BCUT2D eigenvalue weighted by Gasteiger charge is -2.18. The van der Waals surface area contributed by atoms with E-state index in [0.29, 0.717) is 19.4 Å². The summed E-state index contributed by atoms with van der Waals surface area (Å²) in [5.74, 6) is 0. The topological polar surface area (TPSA) is 35.5 Å². The van der Waals surface area contributed by atoms with Gasteiger partial charge in [0.1, 0.15) is 0 Å². The van der Waals surface area contributed by atoms with Gasteiger partial charge in [0.25, 0.3) is 0 Å². The second-order valence-electron chi connectivity index (χ2n) is 3.96. The highest BCUT2D eigenvalue weighted by molar-refractivity contribution is 7.53. The molecule has 4 heteroatoms. The van der Waals surface area contributed by atoms with Crippen molar-refractivity contribution in [2.24, 2.45) is 0 Å². The Bertz CT molecular complexity index is 405. The highest BCUT2D eigenvalue weighted by Crippen LogP contribution is 2.51. The molecule has 96 valence electrons. The number of benzene rings is 1. The lowest BCUT2D eigenvalue weighted by molar-refractivity contribution is 0.219. The smallest absolute Gasteiger partial charge is 0.309 e. The van der Waals surface area contributed by atoms with Crippen molar-refractivity contribution < 1.29 is 13.6 Å². The van der Waals surface area contributed by atoms with Gasteiger partial charge in [-0.2, -0.15) is 0 Å². The van der Waals surface area contributed by atoms with Crippen LogP contribution < -0.4 is 0 Å². The van der Waals surface area contributed by atoms with Crippen molar-refractivity contribution >= 4 is 7.60 Å². The second-order valence-corrected chi connectivity index (χ2v) is 6.02. The summed E-state index contributed by atoms with van der Waals surface area (Å²) in [7, 11) is -2.99. The first kappa shape index (κ1) is 14.4. The largest absolute Gasteiger partial charge is 0.335 e. The predicted molar refractivity (Wildman–Crippen MR) is 70.5 cm³/mol. The average molecular weight is 256 g/mol. The van der Waals surface area contributed by atoms with Crippen LogP contribution in [0.25, 0.3) is 0 Å². The normalized spacial score (nSPS) is 11.8. The maximum absolute atomic E-state index is 12.4. The molecule has 0 heterocycles. The van der Waals surface area contributed by atoms with Crippen LogP contribution >= 0.6 is 7.60 Å². The lowest BCUT2D eigenvalue weighted by atomic mass is 10.1. The molecule has 3 nitrogen and oxygen atoms in total. The van der Waals surface area contributed by atoms with E-state index in [4.69, 9.17) is 9.05 Å². The molecule has 0 spiro atoms. The molecule has 0 aromatic heterocycles. The molecule has 0 N–H and O–H groups in total. The first-order valence-electron chi connectivity index (χ1n) is 5.95. The molecule has 0 amide bonds. The van der Waals surface area contributed by atoms with Gasteiger partial charge in [0.2, 0.25) is 0 Å². The van der Waals surface area contributed by atoms with Crippen molar-refractivity contribution in [3.63, 3.8) is 0 Å². The second kappa shape index (κ2) is 6.34. The molecule has 0 aliphatic carbocycles. The number of rotatable bonds is 6. The molecule has 1 rings (SSSR count). The molecule has 0 fully saturated rings. The summed E-state index contributed by atoms with van der Waals surface area (Å²) in [5.41, 5.74) is 3.39. The number of hydrogen-bond donors (Lipinski definition) is 0. The van der Waals surface area contributed by atoms with E-state index < -0.39 is 7.60 Å². The van der Waals surface area contributed by atoms with Gasteiger partial charge in [-0.25, -0.2) is 0 Å². The van der Waals surface area contributed by atoms with Gasteiger partial charge >= 0.3 is 7.60 Å². The van der Waals surface area contributed by atoms with Crippen LogP contribution in [0, 0.1) is 13.8 Å². The van der Waals surface area contributed by atoms with Gasteiger partial charge < -0.3 is 9.05 Å². The summed E-state index contributed by atoms with van der Waals surface area (Å²) in [6.07, 6.45) is 0.349. The molecular weight excluding hydrogens is 235 g/mol. The van der Waals surface area contributed by atoms with Crippen LogP contribution in [0.2, 0.25) is 0 Å². The molecule has 0 saturated heterocycles. The number of hydrogen-bond acceptors (Lipinski definition) is 3. The van der Waals surface area contributed by atoms with Crippen molar-refractivity contribution in [2.45, 2.75) is 33.9 Å². The molecule has 0 aliphatic heterocycles. The van der Waals surface area contributed by atoms with Crippen LogP contribution in [0.5, 0.6) is 0 Å². The maximum atomic E-state index is 12.4. The molecule has 0 unspecified atom stereocenters. The zero-order valence-electron chi connectivity index (χ0n) is 11.0. The molecule has 0 aliphatic rings. The quantitative estimate of drug-likeness (QED) is 0.720. The zero-order chi connectivity index (χ0) is 12.9. The SMILES string of the molecule is CCOP(=O)(Cc1cccc(C)c1C)OCC. The minimum absolute atomic E-state index is 0.349. The molecule has 1 aromatic rings. The van der Waals surface area contributed by atoms with Gasteiger partial charge in [-0.3, -0.25) is 4.57 Å². The summed E-state index contributed by atoms with van der Waals surface area (Å²) in [5, 5.41) is 0. The molecule has 0 bridgehead atoms. The van der Waals surface area contributed by atoms with Crippen LogP contribution in [0.1, 0.15) is 30.5 Å². The summed E-state index contributed by atoms with van der Waals surface area (Å²) >= 11 is 0. The van der Waals surface area contributed by atoms with Gasteiger partial charge in [0.15, 0.2) is 0 Å². The average Bonchev–Trinajstić information content (AvgIpc) is 2.25. The van der Waals surface area contributed by atoms with E-state index in [0.717, 1.165) is 11.1 Å². The van der Waals surface area contributed by atoms with E-state index in [9.17, 15) is 4.57 Å². The molecule has 0 atom stereocenters. The van der Waals surface area contributed by atoms with Gasteiger partial charge in [-0.1, -0.05) is 18.2 Å². The molecule has 0 saturated carbocycles. The third-order valence-corrected chi connectivity index (χ3v) is 4.76. The fourth-order valence-corrected chi connectivity index (χ4v) is 3.52. The summed E-state index contributed by atoms with van der Waals surface area (Å²) in [4.78, 5) is 0. The van der Waals surface area contributed by atoms with Crippen LogP contribution in [0.4, 0.5) is 0 Å². The van der Waals surface area contributed by atoms with Crippen LogP contribution in [-0.2, 0) is 19.8 Å². The molecule has 17 heavy (non-hydrogen) atoms. The van der Waals surface area contributed by atoms with E-state index >= 15 is 0 Å². The van der Waals surface area contributed by atoms with Crippen LogP contribution in [0.15, 0.2) is 18.2 Å². The first-order valence-corrected chi connectivity index (χ1v) is 7.68. The molecule has 1 aromatic carbocycles. The minimum atomic E-state index is -2.99. The Balaban J connectivity index is 2.93. The van der Waals surface area contributed by atoms with Gasteiger partial charge in [-0.05, 0) is 44.4 Å². The van der Waals surface area contributed by atoms with E-state index in [-0.39, 0.29) is 0 Å². The Morgan fingerprint density at radius 2 is 1.71 bits per heavy atom. The minimum Gasteiger partial charge on any atom is -0.309 e. The predicted octanol–water partition coefficient (Wildman–Crippen LogP) is 4.07. The van der Waals surface area contributed by atoms with Crippen LogP contribution in [0.3, 0.4) is 0 Å². The summed E-state index contributed by atoms with van der Waals surface area (Å²) in [6.45, 7) is 8.55. The highest BCUT2D eigenvalue weighted by Gasteiger charge is 2.24. The Kier molecular flexibility index (Phi) is 5.38. The first-order chi connectivity index (χ1) is 8.02. The highest BCUT2D eigenvalue weighted by atomic mass is 31.2. The third kappa shape index (κ3) is 3.95. The summed E-state index contributed by atoms with van der Waals surface area (Å²) < 4.78 is 23.0. The van der Waals surface area contributed by atoms with Gasteiger partial charge in [0, 0.05) is 0 Å². The van der Waals surface area contributed by atoms with Crippen molar-refractivity contribution in [2.75, 3.05) is 13.2 Å². The Hall–Kier alpha value is -0.630. The van der Waals surface area contributed by atoms with E-state index in [1.54, 1.807) is 0 Å². The van der Waals surface area contributed by atoms with Crippen molar-refractivity contribution in [1.82, 2.24) is 0 Å². The Labute approximate surface area is 104 Å². The van der Waals surface area contributed by atoms with Gasteiger partial charge in [0.05, 0.1) is 19.4 Å². The van der Waals surface area contributed by atoms with E-state index in [1.807, 2.05) is 45.9 Å². The van der Waals surface area contributed by atoms with Crippen LogP contribution in [-0.4, -0.2) is 13.2 Å². The molecular formula is C13H21O3P. The monoisotopic (exact) mass is 256 g/mol.